The number of aryl methyl sites for hydroxylation is 1. The zero-order valence-electron chi connectivity index (χ0n) is 11.9. The topological polar surface area (TPSA) is 24.9 Å². The Morgan fingerprint density at radius 3 is 2.53 bits per heavy atom. The lowest BCUT2D eigenvalue weighted by atomic mass is 9.96. The largest absolute Gasteiger partial charge is 0.305 e. The maximum atomic E-state index is 4.41. The molecule has 0 saturated heterocycles. The number of benzene rings is 1. The fourth-order valence-electron chi connectivity index (χ4n) is 2.20. The first-order valence-electron chi connectivity index (χ1n) is 6.92. The van der Waals surface area contributed by atoms with Gasteiger partial charge in [-0.1, -0.05) is 51.1 Å². The van der Waals surface area contributed by atoms with Gasteiger partial charge >= 0.3 is 0 Å². The van der Waals surface area contributed by atoms with E-state index in [1.807, 2.05) is 17.5 Å². The number of rotatable bonds is 6. The first kappa shape index (κ1) is 14.2. The molecule has 1 unspecified atom stereocenters. The third-order valence-electron chi connectivity index (χ3n) is 3.23. The normalized spacial score (nSPS) is 12.8. The summed E-state index contributed by atoms with van der Waals surface area (Å²) in [5.41, 5.74) is 1.36. The highest BCUT2D eigenvalue weighted by Crippen LogP contribution is 2.22. The molecule has 2 rings (SSSR count). The highest BCUT2D eigenvalue weighted by Gasteiger charge is 2.15. The molecule has 0 aliphatic carbocycles. The Labute approximate surface area is 119 Å². The van der Waals surface area contributed by atoms with Gasteiger partial charge in [0.25, 0.3) is 0 Å². The molecule has 3 heteroatoms. The Morgan fingerprint density at radius 2 is 1.95 bits per heavy atom. The Morgan fingerprint density at radius 1 is 1.21 bits per heavy atom. The monoisotopic (exact) mass is 274 g/mol. The van der Waals surface area contributed by atoms with E-state index in [-0.39, 0.29) is 0 Å². The molecule has 19 heavy (non-hydrogen) atoms. The van der Waals surface area contributed by atoms with Crippen molar-refractivity contribution in [2.45, 2.75) is 39.8 Å². The van der Waals surface area contributed by atoms with Gasteiger partial charge in [0, 0.05) is 23.7 Å². The van der Waals surface area contributed by atoms with Crippen LogP contribution in [0.2, 0.25) is 0 Å². The van der Waals surface area contributed by atoms with Crippen LogP contribution in [0.15, 0.2) is 36.5 Å². The van der Waals surface area contributed by atoms with E-state index in [1.54, 1.807) is 0 Å². The van der Waals surface area contributed by atoms with Crippen LogP contribution in [0.5, 0.6) is 0 Å². The van der Waals surface area contributed by atoms with Gasteiger partial charge in [-0.3, -0.25) is 0 Å². The Hall–Kier alpha value is -1.19. The zero-order chi connectivity index (χ0) is 13.7. The summed E-state index contributed by atoms with van der Waals surface area (Å²) in [4.78, 5) is 5.73. The quantitative estimate of drug-likeness (QED) is 0.854. The fourth-order valence-corrected chi connectivity index (χ4v) is 3.02. The SMILES string of the molecule is CCc1ncc(CNC(c2ccccc2)C(C)C)s1. The van der Waals surface area contributed by atoms with Crippen LogP contribution in [0.3, 0.4) is 0 Å². The van der Waals surface area contributed by atoms with Crippen LogP contribution >= 0.6 is 11.3 Å². The molecule has 0 fully saturated rings. The van der Waals surface area contributed by atoms with Gasteiger partial charge in [-0.25, -0.2) is 4.98 Å². The third-order valence-corrected chi connectivity index (χ3v) is 4.37. The Balaban J connectivity index is 2.02. The maximum Gasteiger partial charge on any atom is 0.0925 e. The maximum absolute atomic E-state index is 4.41. The van der Waals surface area contributed by atoms with Crippen molar-refractivity contribution >= 4 is 11.3 Å². The van der Waals surface area contributed by atoms with Gasteiger partial charge in [0.1, 0.15) is 0 Å². The predicted octanol–water partition coefficient (Wildman–Crippen LogP) is 4.19. The van der Waals surface area contributed by atoms with E-state index >= 15 is 0 Å². The minimum atomic E-state index is 0.397. The number of hydrogen-bond acceptors (Lipinski definition) is 3. The molecule has 0 radical (unpaired) electrons. The first-order chi connectivity index (χ1) is 9.20. The molecule has 0 amide bonds. The fraction of sp³-hybridized carbons (Fsp3) is 0.438. The molecule has 0 aliphatic rings. The first-order valence-corrected chi connectivity index (χ1v) is 7.74. The number of thiazole rings is 1. The number of aromatic nitrogens is 1. The van der Waals surface area contributed by atoms with Gasteiger partial charge in [0.05, 0.1) is 5.01 Å². The molecular formula is C16H22N2S. The third kappa shape index (κ3) is 3.88. The van der Waals surface area contributed by atoms with Gasteiger partial charge in [-0.15, -0.1) is 11.3 Å². The van der Waals surface area contributed by atoms with Gasteiger partial charge in [0.15, 0.2) is 0 Å². The minimum absolute atomic E-state index is 0.397. The minimum Gasteiger partial charge on any atom is -0.305 e. The molecule has 0 spiro atoms. The molecule has 0 bridgehead atoms. The van der Waals surface area contributed by atoms with Crippen molar-refractivity contribution in [3.8, 4) is 0 Å². The van der Waals surface area contributed by atoms with Gasteiger partial charge in [-0.05, 0) is 17.9 Å². The van der Waals surface area contributed by atoms with E-state index in [1.165, 1.54) is 15.4 Å². The Bertz CT molecular complexity index is 490. The summed E-state index contributed by atoms with van der Waals surface area (Å²) in [7, 11) is 0. The van der Waals surface area contributed by atoms with E-state index in [4.69, 9.17) is 0 Å². The Kier molecular flexibility index (Phi) is 5.11. The summed E-state index contributed by atoms with van der Waals surface area (Å²) in [6.45, 7) is 7.57. The van der Waals surface area contributed by atoms with Gasteiger partial charge in [-0.2, -0.15) is 0 Å². The van der Waals surface area contributed by atoms with Crippen LogP contribution in [0.25, 0.3) is 0 Å². The van der Waals surface area contributed by atoms with E-state index in [0.29, 0.717) is 12.0 Å². The molecule has 0 aliphatic heterocycles. The average molecular weight is 274 g/mol. The van der Waals surface area contributed by atoms with Crippen LogP contribution in [0, 0.1) is 5.92 Å². The molecule has 1 aromatic heterocycles. The molecule has 1 aromatic carbocycles. The van der Waals surface area contributed by atoms with Gasteiger partial charge in [0.2, 0.25) is 0 Å². The molecule has 1 heterocycles. The second-order valence-corrected chi connectivity index (χ2v) is 6.29. The van der Waals surface area contributed by atoms with E-state index in [2.05, 4.69) is 61.4 Å². The lowest BCUT2D eigenvalue weighted by molar-refractivity contribution is 0.412. The van der Waals surface area contributed by atoms with Crippen molar-refractivity contribution in [1.29, 1.82) is 0 Å². The predicted molar refractivity (Wildman–Crippen MR) is 82.4 cm³/mol. The number of nitrogens with one attached hydrogen (secondary N) is 1. The summed E-state index contributed by atoms with van der Waals surface area (Å²) in [6.07, 6.45) is 3.02. The molecular weight excluding hydrogens is 252 g/mol. The zero-order valence-corrected chi connectivity index (χ0v) is 12.7. The van der Waals surface area contributed by atoms with Crippen LogP contribution in [0.1, 0.15) is 42.3 Å². The molecule has 2 nitrogen and oxygen atoms in total. The molecule has 102 valence electrons. The van der Waals surface area contributed by atoms with Crippen molar-refractivity contribution in [2.24, 2.45) is 5.92 Å². The van der Waals surface area contributed by atoms with Gasteiger partial charge < -0.3 is 5.32 Å². The molecule has 0 saturated carbocycles. The summed E-state index contributed by atoms with van der Waals surface area (Å²) >= 11 is 1.81. The van der Waals surface area contributed by atoms with E-state index in [9.17, 15) is 0 Å². The summed E-state index contributed by atoms with van der Waals surface area (Å²) in [6, 6.07) is 11.1. The number of hydrogen-bond donors (Lipinski definition) is 1. The summed E-state index contributed by atoms with van der Waals surface area (Å²) < 4.78 is 0. The highest BCUT2D eigenvalue weighted by molar-refractivity contribution is 7.11. The molecule has 2 aromatic rings. The lowest BCUT2D eigenvalue weighted by Crippen LogP contribution is -2.24. The van der Waals surface area contributed by atoms with Crippen molar-refractivity contribution < 1.29 is 0 Å². The average Bonchev–Trinajstić information content (AvgIpc) is 2.88. The summed E-state index contributed by atoms with van der Waals surface area (Å²) in [5.74, 6) is 0.570. The van der Waals surface area contributed by atoms with Crippen LogP contribution < -0.4 is 5.32 Å². The van der Waals surface area contributed by atoms with Crippen LogP contribution in [-0.2, 0) is 13.0 Å². The highest BCUT2D eigenvalue weighted by atomic mass is 32.1. The second kappa shape index (κ2) is 6.83. The lowest BCUT2D eigenvalue weighted by Gasteiger charge is -2.22. The standard InChI is InChI=1S/C16H22N2S/c1-4-15-17-10-14(19-15)11-18-16(12(2)3)13-8-6-5-7-9-13/h5-10,12,16,18H,4,11H2,1-3H3. The molecule has 1 N–H and O–H groups in total. The van der Waals surface area contributed by atoms with E-state index in [0.717, 1.165) is 13.0 Å². The molecule has 1 atom stereocenters. The smallest absolute Gasteiger partial charge is 0.0925 e. The number of nitrogens with zero attached hydrogens (tertiary/aromatic N) is 1. The van der Waals surface area contributed by atoms with Crippen molar-refractivity contribution in [3.63, 3.8) is 0 Å². The summed E-state index contributed by atoms with van der Waals surface area (Å²) in [5, 5.41) is 4.88. The van der Waals surface area contributed by atoms with Crippen molar-refractivity contribution in [2.75, 3.05) is 0 Å². The van der Waals surface area contributed by atoms with Crippen molar-refractivity contribution in [3.05, 3.63) is 52.0 Å². The van der Waals surface area contributed by atoms with Crippen molar-refractivity contribution in [1.82, 2.24) is 10.3 Å². The van der Waals surface area contributed by atoms with Crippen LogP contribution in [0.4, 0.5) is 0 Å². The van der Waals surface area contributed by atoms with E-state index < -0.39 is 0 Å². The second-order valence-electron chi connectivity index (χ2n) is 5.09. The van der Waals surface area contributed by atoms with Crippen LogP contribution in [-0.4, -0.2) is 4.98 Å².